The molecular formula is C21H24N4O. The predicted octanol–water partition coefficient (Wildman–Crippen LogP) is 3.34. The second kappa shape index (κ2) is 9.02. The second-order valence-corrected chi connectivity index (χ2v) is 6.51. The molecule has 1 N–H and O–H groups in total. The molecular weight excluding hydrogens is 324 g/mol. The Morgan fingerprint density at radius 3 is 2.42 bits per heavy atom. The Morgan fingerprint density at radius 1 is 1.00 bits per heavy atom. The molecule has 1 heterocycles. The monoisotopic (exact) mass is 348 g/mol. The first-order chi connectivity index (χ1) is 12.8. The molecule has 1 aliphatic heterocycles. The van der Waals surface area contributed by atoms with Crippen molar-refractivity contribution in [3.8, 4) is 6.07 Å². The number of carbonyl (C=O) groups is 1. The normalized spacial score (nSPS) is 14.7. The van der Waals surface area contributed by atoms with Crippen LogP contribution in [0.5, 0.6) is 0 Å². The fraction of sp³-hybridized carbons (Fsp3) is 0.333. The largest absolute Gasteiger partial charge is 0.322 e. The quantitative estimate of drug-likeness (QED) is 0.901. The zero-order valence-corrected chi connectivity index (χ0v) is 14.9. The van der Waals surface area contributed by atoms with Crippen molar-refractivity contribution in [2.45, 2.75) is 12.8 Å². The van der Waals surface area contributed by atoms with E-state index in [9.17, 15) is 4.79 Å². The smallest absolute Gasteiger partial charge is 0.321 e. The molecule has 1 fully saturated rings. The molecule has 0 aliphatic carbocycles. The molecule has 1 aliphatic rings. The van der Waals surface area contributed by atoms with Crippen LogP contribution in [0, 0.1) is 11.3 Å². The molecule has 0 atom stereocenters. The number of carbonyl (C=O) groups excluding carboxylic acids is 1. The average molecular weight is 348 g/mol. The van der Waals surface area contributed by atoms with Crippen LogP contribution in [0.25, 0.3) is 0 Å². The fourth-order valence-corrected chi connectivity index (χ4v) is 3.21. The Morgan fingerprint density at radius 2 is 1.69 bits per heavy atom. The van der Waals surface area contributed by atoms with Crippen molar-refractivity contribution in [2.75, 3.05) is 38.0 Å². The van der Waals surface area contributed by atoms with E-state index in [1.165, 1.54) is 5.56 Å². The Kier molecular flexibility index (Phi) is 6.24. The number of urea groups is 1. The summed E-state index contributed by atoms with van der Waals surface area (Å²) in [5.41, 5.74) is 2.44. The highest BCUT2D eigenvalue weighted by Gasteiger charge is 2.21. The maximum atomic E-state index is 12.4. The zero-order chi connectivity index (χ0) is 18.2. The van der Waals surface area contributed by atoms with Gasteiger partial charge in [0.1, 0.15) is 6.07 Å². The van der Waals surface area contributed by atoms with Gasteiger partial charge in [0.05, 0.1) is 11.3 Å². The summed E-state index contributed by atoms with van der Waals surface area (Å²) in [6.07, 6.45) is 2.22. The zero-order valence-electron chi connectivity index (χ0n) is 14.9. The minimum Gasteiger partial charge on any atom is -0.322 e. The number of anilines is 1. The van der Waals surface area contributed by atoms with Crippen LogP contribution in [-0.2, 0) is 6.42 Å². The van der Waals surface area contributed by atoms with E-state index >= 15 is 0 Å². The first-order valence-corrected chi connectivity index (χ1v) is 9.07. The number of amides is 2. The summed E-state index contributed by atoms with van der Waals surface area (Å²) in [6.45, 7) is 4.27. The van der Waals surface area contributed by atoms with Crippen LogP contribution in [0.15, 0.2) is 54.6 Å². The lowest BCUT2D eigenvalue weighted by Gasteiger charge is -2.34. The summed E-state index contributed by atoms with van der Waals surface area (Å²) in [6, 6.07) is 19.6. The second-order valence-electron chi connectivity index (χ2n) is 6.51. The molecule has 0 radical (unpaired) electrons. The van der Waals surface area contributed by atoms with Crippen LogP contribution < -0.4 is 5.32 Å². The highest BCUT2D eigenvalue weighted by molar-refractivity contribution is 5.90. The van der Waals surface area contributed by atoms with Gasteiger partial charge in [-0.05, 0) is 37.1 Å². The van der Waals surface area contributed by atoms with E-state index in [4.69, 9.17) is 5.26 Å². The van der Waals surface area contributed by atoms with Crippen LogP contribution in [0.3, 0.4) is 0 Å². The lowest BCUT2D eigenvalue weighted by molar-refractivity contribution is 0.146. The number of aryl methyl sites for hydroxylation is 1. The van der Waals surface area contributed by atoms with E-state index in [0.29, 0.717) is 24.3 Å². The molecule has 2 aromatic rings. The molecule has 2 aromatic carbocycles. The van der Waals surface area contributed by atoms with Gasteiger partial charge in [-0.25, -0.2) is 4.79 Å². The fourth-order valence-electron chi connectivity index (χ4n) is 3.21. The summed E-state index contributed by atoms with van der Waals surface area (Å²) < 4.78 is 0. The van der Waals surface area contributed by atoms with Gasteiger partial charge in [-0.3, -0.25) is 4.90 Å². The lowest BCUT2D eigenvalue weighted by Crippen LogP contribution is -2.50. The maximum absolute atomic E-state index is 12.4. The third-order valence-electron chi connectivity index (χ3n) is 4.73. The van der Waals surface area contributed by atoms with E-state index in [0.717, 1.165) is 32.5 Å². The minimum atomic E-state index is -0.128. The van der Waals surface area contributed by atoms with E-state index in [1.54, 1.807) is 18.2 Å². The van der Waals surface area contributed by atoms with Crippen LogP contribution in [0.4, 0.5) is 10.5 Å². The summed E-state index contributed by atoms with van der Waals surface area (Å²) in [4.78, 5) is 16.7. The van der Waals surface area contributed by atoms with Crippen molar-refractivity contribution < 1.29 is 4.79 Å². The molecule has 0 aromatic heterocycles. The van der Waals surface area contributed by atoms with Crippen molar-refractivity contribution in [1.82, 2.24) is 9.80 Å². The van der Waals surface area contributed by atoms with Gasteiger partial charge < -0.3 is 10.2 Å². The molecule has 5 nitrogen and oxygen atoms in total. The Labute approximate surface area is 154 Å². The Hall–Kier alpha value is -2.84. The van der Waals surface area contributed by atoms with E-state index in [-0.39, 0.29) is 6.03 Å². The molecule has 134 valence electrons. The highest BCUT2D eigenvalue weighted by Crippen LogP contribution is 2.15. The summed E-state index contributed by atoms with van der Waals surface area (Å²) in [5.74, 6) is 0. The van der Waals surface area contributed by atoms with Crippen molar-refractivity contribution in [2.24, 2.45) is 0 Å². The highest BCUT2D eigenvalue weighted by atomic mass is 16.2. The minimum absolute atomic E-state index is 0.128. The van der Waals surface area contributed by atoms with Gasteiger partial charge in [0.25, 0.3) is 0 Å². The molecule has 0 bridgehead atoms. The Bertz CT molecular complexity index is 761. The van der Waals surface area contributed by atoms with Crippen molar-refractivity contribution in [3.05, 3.63) is 65.7 Å². The standard InChI is InChI=1S/C21H24N4O/c22-17-19-10-4-5-11-20(19)23-21(26)25-15-13-24(14-16-25)12-6-9-18-7-2-1-3-8-18/h1-5,7-8,10-11H,6,9,12-16H2,(H,23,26). The average Bonchev–Trinajstić information content (AvgIpc) is 2.70. The number of nitrogens with one attached hydrogen (secondary N) is 1. The molecule has 0 spiro atoms. The number of hydrogen-bond donors (Lipinski definition) is 1. The molecule has 2 amide bonds. The van der Waals surface area contributed by atoms with E-state index in [1.807, 2.05) is 17.0 Å². The Balaban J connectivity index is 1.42. The molecule has 0 unspecified atom stereocenters. The summed E-state index contributed by atoms with van der Waals surface area (Å²) in [7, 11) is 0. The third kappa shape index (κ3) is 4.84. The third-order valence-corrected chi connectivity index (χ3v) is 4.73. The summed E-state index contributed by atoms with van der Waals surface area (Å²) >= 11 is 0. The summed E-state index contributed by atoms with van der Waals surface area (Å²) in [5, 5.41) is 12.0. The SMILES string of the molecule is N#Cc1ccccc1NC(=O)N1CCN(CCCc2ccccc2)CC1. The number of piperazine rings is 1. The van der Waals surface area contributed by atoms with Gasteiger partial charge in [0.15, 0.2) is 0 Å². The van der Waals surface area contributed by atoms with Crippen molar-refractivity contribution >= 4 is 11.7 Å². The molecule has 3 rings (SSSR count). The van der Waals surface area contributed by atoms with Crippen LogP contribution in [-0.4, -0.2) is 48.6 Å². The first kappa shape index (κ1) is 18.0. The number of benzene rings is 2. The van der Waals surface area contributed by atoms with E-state index < -0.39 is 0 Å². The molecule has 26 heavy (non-hydrogen) atoms. The van der Waals surface area contributed by atoms with Gasteiger partial charge in [0, 0.05) is 26.2 Å². The van der Waals surface area contributed by atoms with Gasteiger partial charge in [-0.1, -0.05) is 42.5 Å². The van der Waals surface area contributed by atoms with Crippen molar-refractivity contribution in [3.63, 3.8) is 0 Å². The topological polar surface area (TPSA) is 59.4 Å². The van der Waals surface area contributed by atoms with Gasteiger partial charge in [0.2, 0.25) is 0 Å². The molecule has 1 saturated heterocycles. The number of hydrogen-bond acceptors (Lipinski definition) is 3. The van der Waals surface area contributed by atoms with Gasteiger partial charge >= 0.3 is 6.03 Å². The number of rotatable bonds is 5. The number of nitriles is 1. The lowest BCUT2D eigenvalue weighted by atomic mass is 10.1. The van der Waals surface area contributed by atoms with Crippen LogP contribution in [0.2, 0.25) is 0 Å². The van der Waals surface area contributed by atoms with Gasteiger partial charge in [-0.15, -0.1) is 0 Å². The number of nitrogens with zero attached hydrogens (tertiary/aromatic N) is 3. The van der Waals surface area contributed by atoms with Crippen molar-refractivity contribution in [1.29, 1.82) is 5.26 Å². The first-order valence-electron chi connectivity index (χ1n) is 9.07. The molecule has 5 heteroatoms. The van der Waals surface area contributed by atoms with Gasteiger partial charge in [-0.2, -0.15) is 5.26 Å². The predicted molar refractivity (Wildman–Crippen MR) is 103 cm³/mol. The maximum Gasteiger partial charge on any atom is 0.321 e. The molecule has 0 saturated carbocycles. The number of para-hydroxylation sites is 1. The van der Waals surface area contributed by atoms with E-state index in [2.05, 4.69) is 40.6 Å². The van der Waals surface area contributed by atoms with Crippen LogP contribution in [0.1, 0.15) is 17.5 Å². The van der Waals surface area contributed by atoms with Crippen LogP contribution >= 0.6 is 0 Å².